The number of hydrogen-bond donors (Lipinski definition) is 0. The van der Waals surface area contributed by atoms with Crippen molar-refractivity contribution in [3.8, 4) is 0 Å². The van der Waals surface area contributed by atoms with Crippen LogP contribution in [0.3, 0.4) is 0 Å². The summed E-state index contributed by atoms with van der Waals surface area (Å²) in [5.41, 5.74) is 1.64. The molecule has 0 radical (unpaired) electrons. The van der Waals surface area contributed by atoms with E-state index in [1.165, 1.54) is 0 Å². The van der Waals surface area contributed by atoms with Crippen LogP contribution in [0.1, 0.15) is 12.5 Å². The number of carbonyl (C=O) groups excluding carboxylic acids is 2. The summed E-state index contributed by atoms with van der Waals surface area (Å²) in [6, 6.07) is 16.7. The van der Waals surface area contributed by atoms with Gasteiger partial charge in [0.2, 0.25) is 0 Å². The number of nitrogens with zero attached hydrogens (tertiary/aromatic N) is 1. The zero-order chi connectivity index (χ0) is 16.7. The van der Waals surface area contributed by atoms with Crippen molar-refractivity contribution in [3.05, 3.63) is 64.6 Å². The molecule has 0 bridgehead atoms. The van der Waals surface area contributed by atoms with Gasteiger partial charge < -0.3 is 9.64 Å². The molecule has 0 aliphatic heterocycles. The minimum absolute atomic E-state index is 0.151. The molecule has 0 saturated heterocycles. The van der Waals surface area contributed by atoms with E-state index >= 15 is 0 Å². The number of likely N-dealkylation sites (N-methyl/N-ethyl adjacent to an activating group) is 1. The predicted octanol–water partition coefficient (Wildman–Crippen LogP) is 3.59. The van der Waals surface area contributed by atoms with Crippen LogP contribution in [0.2, 0.25) is 0 Å². The highest BCUT2D eigenvalue weighted by atomic mass is 79.9. The largest absolute Gasteiger partial charge is 0.455 e. The zero-order valence-electron chi connectivity index (χ0n) is 12.9. The number of anilines is 1. The first-order valence-electron chi connectivity index (χ1n) is 7.35. The molecule has 0 spiro atoms. The molecule has 2 aromatic carbocycles. The third-order valence-corrected chi connectivity index (χ3v) is 3.83. The number of ether oxygens (including phenoxy) is 1. The quantitative estimate of drug-likeness (QED) is 0.724. The van der Waals surface area contributed by atoms with Gasteiger partial charge in [-0.15, -0.1) is 0 Å². The number of benzene rings is 2. The van der Waals surface area contributed by atoms with Gasteiger partial charge in [-0.05, 0) is 36.8 Å². The molecule has 2 aromatic rings. The van der Waals surface area contributed by atoms with Gasteiger partial charge in [-0.25, -0.2) is 0 Å². The molecule has 0 fully saturated rings. The monoisotopic (exact) mass is 375 g/mol. The topological polar surface area (TPSA) is 46.6 Å². The second kappa shape index (κ2) is 8.48. The fourth-order valence-electron chi connectivity index (χ4n) is 2.15. The Morgan fingerprint density at radius 1 is 1.04 bits per heavy atom. The zero-order valence-corrected chi connectivity index (χ0v) is 14.5. The smallest absolute Gasteiger partial charge is 0.310 e. The van der Waals surface area contributed by atoms with Crippen LogP contribution in [0.15, 0.2) is 59.1 Å². The number of hydrogen-bond acceptors (Lipinski definition) is 3. The van der Waals surface area contributed by atoms with Crippen LogP contribution in [-0.2, 0) is 20.7 Å². The predicted molar refractivity (Wildman–Crippen MR) is 93.3 cm³/mol. The maximum absolute atomic E-state index is 12.2. The molecule has 0 heterocycles. The number of amides is 1. The van der Waals surface area contributed by atoms with E-state index < -0.39 is 5.97 Å². The van der Waals surface area contributed by atoms with Crippen LogP contribution in [0.25, 0.3) is 0 Å². The molecular formula is C18H18BrNO3. The Morgan fingerprint density at radius 2 is 1.70 bits per heavy atom. The van der Waals surface area contributed by atoms with E-state index in [9.17, 15) is 9.59 Å². The molecule has 0 aliphatic carbocycles. The van der Waals surface area contributed by atoms with Gasteiger partial charge in [0.05, 0.1) is 6.42 Å². The Balaban J connectivity index is 1.87. The van der Waals surface area contributed by atoms with Crippen molar-refractivity contribution < 1.29 is 14.3 Å². The second-order valence-corrected chi connectivity index (χ2v) is 5.85. The Labute approximate surface area is 144 Å². The Hall–Kier alpha value is -2.14. The van der Waals surface area contributed by atoms with Gasteiger partial charge in [0.1, 0.15) is 0 Å². The number of halogens is 1. The highest BCUT2D eigenvalue weighted by molar-refractivity contribution is 9.10. The summed E-state index contributed by atoms with van der Waals surface area (Å²) in [7, 11) is 0. The van der Waals surface area contributed by atoms with Gasteiger partial charge in [0, 0.05) is 16.7 Å². The molecule has 4 nitrogen and oxygen atoms in total. The van der Waals surface area contributed by atoms with Gasteiger partial charge in [-0.3, -0.25) is 9.59 Å². The van der Waals surface area contributed by atoms with Crippen LogP contribution in [-0.4, -0.2) is 25.0 Å². The van der Waals surface area contributed by atoms with Crippen molar-refractivity contribution in [3.63, 3.8) is 0 Å². The van der Waals surface area contributed by atoms with Crippen molar-refractivity contribution in [2.45, 2.75) is 13.3 Å². The molecule has 0 atom stereocenters. The lowest BCUT2D eigenvalue weighted by Crippen LogP contribution is -2.34. The van der Waals surface area contributed by atoms with Crippen molar-refractivity contribution >= 4 is 33.5 Å². The first-order chi connectivity index (χ1) is 11.1. The third-order valence-electron chi connectivity index (χ3n) is 3.30. The minimum Gasteiger partial charge on any atom is -0.455 e. The maximum atomic E-state index is 12.2. The van der Waals surface area contributed by atoms with Crippen LogP contribution in [0.5, 0.6) is 0 Å². The lowest BCUT2D eigenvalue weighted by molar-refractivity contribution is -0.147. The molecular weight excluding hydrogens is 358 g/mol. The molecule has 23 heavy (non-hydrogen) atoms. The summed E-state index contributed by atoms with van der Waals surface area (Å²) >= 11 is 3.34. The lowest BCUT2D eigenvalue weighted by atomic mass is 10.2. The molecule has 120 valence electrons. The average Bonchev–Trinajstić information content (AvgIpc) is 2.57. The van der Waals surface area contributed by atoms with Crippen LogP contribution in [0, 0.1) is 0 Å². The third kappa shape index (κ3) is 5.21. The average molecular weight is 376 g/mol. The Morgan fingerprint density at radius 3 is 2.30 bits per heavy atom. The summed E-state index contributed by atoms with van der Waals surface area (Å²) < 4.78 is 6.05. The number of carbonyl (C=O) groups is 2. The van der Waals surface area contributed by atoms with Gasteiger partial charge in [-0.1, -0.05) is 46.3 Å². The van der Waals surface area contributed by atoms with Crippen LogP contribution in [0.4, 0.5) is 5.69 Å². The fraction of sp³-hybridized carbons (Fsp3) is 0.222. The molecule has 0 unspecified atom stereocenters. The second-order valence-electron chi connectivity index (χ2n) is 4.94. The van der Waals surface area contributed by atoms with Crippen LogP contribution >= 0.6 is 15.9 Å². The van der Waals surface area contributed by atoms with E-state index in [1.54, 1.807) is 4.90 Å². The van der Waals surface area contributed by atoms with E-state index in [0.717, 1.165) is 15.7 Å². The van der Waals surface area contributed by atoms with E-state index in [2.05, 4.69) is 15.9 Å². The Bertz CT molecular complexity index is 656. The number of rotatable bonds is 6. The summed E-state index contributed by atoms with van der Waals surface area (Å²) in [6.45, 7) is 2.15. The van der Waals surface area contributed by atoms with E-state index in [0.29, 0.717) is 6.54 Å². The van der Waals surface area contributed by atoms with E-state index in [4.69, 9.17) is 4.74 Å². The molecule has 0 N–H and O–H groups in total. The van der Waals surface area contributed by atoms with Gasteiger partial charge in [0.25, 0.3) is 5.91 Å². The lowest BCUT2D eigenvalue weighted by Gasteiger charge is -2.20. The first kappa shape index (κ1) is 17.2. The van der Waals surface area contributed by atoms with Gasteiger partial charge >= 0.3 is 5.97 Å². The summed E-state index contributed by atoms with van der Waals surface area (Å²) in [6.07, 6.45) is 0.151. The van der Waals surface area contributed by atoms with Gasteiger partial charge in [-0.2, -0.15) is 0 Å². The van der Waals surface area contributed by atoms with Crippen molar-refractivity contribution in [1.29, 1.82) is 0 Å². The molecule has 2 rings (SSSR count). The standard InChI is InChI=1S/C18H18BrNO3/c1-2-20(16-6-4-3-5-7-16)17(21)13-23-18(22)12-14-8-10-15(19)11-9-14/h3-11H,2,12-13H2,1H3. The first-order valence-corrected chi connectivity index (χ1v) is 8.15. The van der Waals surface area contributed by atoms with Crippen molar-refractivity contribution in [2.24, 2.45) is 0 Å². The SMILES string of the molecule is CCN(C(=O)COC(=O)Cc1ccc(Br)cc1)c1ccccc1. The number of para-hydroxylation sites is 1. The van der Waals surface area contributed by atoms with Crippen molar-refractivity contribution in [1.82, 2.24) is 0 Å². The molecule has 1 amide bonds. The number of esters is 1. The van der Waals surface area contributed by atoms with Crippen LogP contribution < -0.4 is 4.90 Å². The van der Waals surface area contributed by atoms with E-state index in [-0.39, 0.29) is 18.9 Å². The molecule has 0 aromatic heterocycles. The molecule has 0 aliphatic rings. The van der Waals surface area contributed by atoms with Crippen molar-refractivity contribution in [2.75, 3.05) is 18.1 Å². The molecule has 5 heteroatoms. The van der Waals surface area contributed by atoms with Gasteiger partial charge in [0.15, 0.2) is 6.61 Å². The normalized spacial score (nSPS) is 10.2. The highest BCUT2D eigenvalue weighted by Crippen LogP contribution is 2.14. The minimum atomic E-state index is -0.412. The van der Waals surface area contributed by atoms with E-state index in [1.807, 2.05) is 61.5 Å². The Kier molecular flexibility index (Phi) is 6.35. The summed E-state index contributed by atoms with van der Waals surface area (Å²) in [5.74, 6) is -0.646. The molecule has 0 saturated carbocycles. The highest BCUT2D eigenvalue weighted by Gasteiger charge is 2.16. The summed E-state index contributed by atoms with van der Waals surface area (Å²) in [4.78, 5) is 25.7. The summed E-state index contributed by atoms with van der Waals surface area (Å²) in [5, 5.41) is 0. The maximum Gasteiger partial charge on any atom is 0.310 e. The fourth-order valence-corrected chi connectivity index (χ4v) is 2.42.